The Balaban J connectivity index is 2.35. The smallest absolute Gasteiger partial charge is 0.161 e. The van der Waals surface area contributed by atoms with Gasteiger partial charge in [-0.3, -0.25) is 0 Å². The van der Waals surface area contributed by atoms with Crippen LogP contribution < -0.4 is 14.8 Å². The topological polar surface area (TPSA) is 63.6 Å². The Morgan fingerprint density at radius 1 is 1.24 bits per heavy atom. The first-order valence-corrected chi connectivity index (χ1v) is 7.07. The Labute approximate surface area is 124 Å². The third-order valence-corrected chi connectivity index (χ3v) is 3.45. The molecule has 0 saturated heterocycles. The van der Waals surface area contributed by atoms with Gasteiger partial charge in [0.15, 0.2) is 11.5 Å². The van der Waals surface area contributed by atoms with Crippen LogP contribution in [0.1, 0.15) is 19.8 Å². The molecule has 114 valence electrons. The molecule has 0 bridgehead atoms. The molecule has 0 saturated carbocycles. The lowest BCUT2D eigenvalue weighted by molar-refractivity contribution is 0.282. The fraction of sp³-hybridized carbons (Fsp3) is 0.438. The van der Waals surface area contributed by atoms with Crippen LogP contribution in [0.3, 0.4) is 0 Å². The third kappa shape index (κ3) is 3.55. The lowest BCUT2D eigenvalue weighted by atomic mass is 10.1. The van der Waals surface area contributed by atoms with Crippen LogP contribution in [-0.4, -0.2) is 37.0 Å². The molecule has 0 amide bonds. The van der Waals surface area contributed by atoms with Crippen molar-refractivity contribution in [2.45, 2.75) is 25.8 Å². The highest BCUT2D eigenvalue weighted by Gasteiger charge is 2.11. The number of nitrogens with one attached hydrogen (secondary N) is 1. The zero-order valence-electron chi connectivity index (χ0n) is 12.7. The molecule has 2 N–H and O–H groups in total. The highest BCUT2D eigenvalue weighted by molar-refractivity contribution is 5.94. The van der Waals surface area contributed by atoms with Gasteiger partial charge < -0.3 is 19.9 Å². The molecule has 2 rings (SSSR count). The molecule has 1 unspecified atom stereocenters. The van der Waals surface area contributed by atoms with Gasteiger partial charge in [-0.05, 0) is 43.4 Å². The summed E-state index contributed by atoms with van der Waals surface area (Å²) in [5.41, 5.74) is 0. The number of hydrogen-bond donors (Lipinski definition) is 2. The van der Waals surface area contributed by atoms with Crippen molar-refractivity contribution in [3.05, 3.63) is 24.4 Å². The number of fused-ring (bicyclic) bond motifs is 1. The molecule has 0 radical (unpaired) electrons. The molecule has 0 fully saturated rings. The van der Waals surface area contributed by atoms with Gasteiger partial charge in [0.2, 0.25) is 0 Å². The molecule has 0 aliphatic carbocycles. The van der Waals surface area contributed by atoms with Crippen LogP contribution >= 0.6 is 0 Å². The predicted octanol–water partition coefficient (Wildman–Crippen LogP) is 2.82. The first-order chi connectivity index (χ1) is 10.2. The first kappa shape index (κ1) is 15.4. The average molecular weight is 290 g/mol. The third-order valence-electron chi connectivity index (χ3n) is 3.45. The zero-order valence-corrected chi connectivity index (χ0v) is 12.7. The molecule has 0 aliphatic heterocycles. The molecule has 2 aromatic rings. The molecule has 1 aromatic heterocycles. The van der Waals surface area contributed by atoms with Crippen LogP contribution in [0, 0.1) is 0 Å². The fourth-order valence-corrected chi connectivity index (χ4v) is 2.32. The first-order valence-electron chi connectivity index (χ1n) is 7.07. The van der Waals surface area contributed by atoms with E-state index in [1.54, 1.807) is 20.4 Å². The SMILES string of the molecule is COc1cc2ccnc(NC(C)CCCO)c2cc1OC. The number of aromatic nitrogens is 1. The van der Waals surface area contributed by atoms with Gasteiger partial charge in [0.1, 0.15) is 5.82 Å². The summed E-state index contributed by atoms with van der Waals surface area (Å²) in [5, 5.41) is 14.3. The average Bonchev–Trinajstić information content (AvgIpc) is 2.51. The van der Waals surface area contributed by atoms with Crippen LogP contribution in [0.2, 0.25) is 0 Å². The molecule has 5 heteroatoms. The summed E-state index contributed by atoms with van der Waals surface area (Å²) in [6.07, 6.45) is 3.44. The second-order valence-electron chi connectivity index (χ2n) is 5.00. The molecule has 1 atom stereocenters. The van der Waals surface area contributed by atoms with Gasteiger partial charge in [-0.1, -0.05) is 0 Å². The normalized spacial score (nSPS) is 12.2. The van der Waals surface area contributed by atoms with Gasteiger partial charge in [0, 0.05) is 24.2 Å². The minimum atomic E-state index is 0.208. The number of rotatable bonds is 7. The van der Waals surface area contributed by atoms with Crippen LogP contribution in [0.5, 0.6) is 11.5 Å². The van der Waals surface area contributed by atoms with E-state index in [2.05, 4.69) is 17.2 Å². The van der Waals surface area contributed by atoms with E-state index in [1.165, 1.54) is 0 Å². The van der Waals surface area contributed by atoms with Crippen LogP contribution in [-0.2, 0) is 0 Å². The Kier molecular flexibility index (Phi) is 5.22. The maximum Gasteiger partial charge on any atom is 0.161 e. The summed E-state index contributed by atoms with van der Waals surface area (Å²) in [5.74, 6) is 2.21. The van der Waals surface area contributed by atoms with Crippen molar-refractivity contribution in [1.82, 2.24) is 4.98 Å². The van der Waals surface area contributed by atoms with Gasteiger partial charge in [-0.25, -0.2) is 4.98 Å². The standard InChI is InChI=1S/C16H22N2O3/c1-11(5-4-8-19)18-16-13-10-15(21-3)14(20-2)9-12(13)6-7-17-16/h6-7,9-11,19H,4-5,8H2,1-3H3,(H,17,18). The number of pyridine rings is 1. The number of anilines is 1. The van der Waals surface area contributed by atoms with Crippen LogP contribution in [0.15, 0.2) is 24.4 Å². The minimum Gasteiger partial charge on any atom is -0.493 e. The minimum absolute atomic E-state index is 0.208. The Bertz CT molecular complexity index is 601. The highest BCUT2D eigenvalue weighted by atomic mass is 16.5. The Hall–Kier alpha value is -2.01. The van der Waals surface area contributed by atoms with E-state index in [4.69, 9.17) is 14.6 Å². The summed E-state index contributed by atoms with van der Waals surface area (Å²) in [4.78, 5) is 4.42. The fourth-order valence-electron chi connectivity index (χ4n) is 2.32. The Morgan fingerprint density at radius 2 is 1.95 bits per heavy atom. The molecule has 0 aliphatic rings. The number of aliphatic hydroxyl groups is 1. The summed E-state index contributed by atoms with van der Waals surface area (Å²) < 4.78 is 10.7. The van der Waals surface area contributed by atoms with E-state index in [-0.39, 0.29) is 12.6 Å². The predicted molar refractivity (Wildman–Crippen MR) is 84.3 cm³/mol. The van der Waals surface area contributed by atoms with Gasteiger partial charge in [-0.2, -0.15) is 0 Å². The maximum absolute atomic E-state index is 8.91. The van der Waals surface area contributed by atoms with Gasteiger partial charge in [-0.15, -0.1) is 0 Å². The molecule has 1 heterocycles. The number of methoxy groups -OCH3 is 2. The second-order valence-corrected chi connectivity index (χ2v) is 5.00. The quantitative estimate of drug-likeness (QED) is 0.821. The maximum atomic E-state index is 8.91. The van der Waals surface area contributed by atoms with Crippen molar-refractivity contribution in [3.8, 4) is 11.5 Å². The molecular formula is C16H22N2O3. The van der Waals surface area contributed by atoms with Crippen LogP contribution in [0.4, 0.5) is 5.82 Å². The van der Waals surface area contributed by atoms with Crippen LogP contribution in [0.25, 0.3) is 10.8 Å². The summed E-state index contributed by atoms with van der Waals surface area (Å²) >= 11 is 0. The number of aliphatic hydroxyl groups excluding tert-OH is 1. The lowest BCUT2D eigenvalue weighted by Gasteiger charge is -2.16. The van der Waals surface area contributed by atoms with E-state index in [0.29, 0.717) is 11.5 Å². The molecule has 21 heavy (non-hydrogen) atoms. The molecule has 1 aromatic carbocycles. The van der Waals surface area contributed by atoms with Crippen molar-refractivity contribution in [2.24, 2.45) is 0 Å². The van der Waals surface area contributed by atoms with Crippen molar-refractivity contribution < 1.29 is 14.6 Å². The highest BCUT2D eigenvalue weighted by Crippen LogP contribution is 2.34. The monoisotopic (exact) mass is 290 g/mol. The number of nitrogens with zero attached hydrogens (tertiary/aromatic N) is 1. The van der Waals surface area contributed by atoms with Crippen molar-refractivity contribution in [3.63, 3.8) is 0 Å². The van der Waals surface area contributed by atoms with E-state index < -0.39 is 0 Å². The van der Waals surface area contributed by atoms with Gasteiger partial charge >= 0.3 is 0 Å². The number of ether oxygens (including phenoxy) is 2. The Morgan fingerprint density at radius 3 is 2.62 bits per heavy atom. The van der Waals surface area contributed by atoms with Gasteiger partial charge in [0.05, 0.1) is 14.2 Å². The second kappa shape index (κ2) is 7.13. The molecule has 0 spiro atoms. The van der Waals surface area contributed by atoms with E-state index in [1.807, 2.05) is 18.2 Å². The van der Waals surface area contributed by atoms with E-state index in [0.717, 1.165) is 29.4 Å². The van der Waals surface area contributed by atoms with E-state index in [9.17, 15) is 0 Å². The number of benzene rings is 1. The summed E-state index contributed by atoms with van der Waals surface area (Å²) in [6.45, 7) is 2.29. The molecular weight excluding hydrogens is 268 g/mol. The number of hydrogen-bond acceptors (Lipinski definition) is 5. The van der Waals surface area contributed by atoms with Crippen molar-refractivity contribution in [1.29, 1.82) is 0 Å². The van der Waals surface area contributed by atoms with E-state index >= 15 is 0 Å². The summed E-state index contributed by atoms with van der Waals surface area (Å²) in [7, 11) is 3.25. The largest absolute Gasteiger partial charge is 0.493 e. The van der Waals surface area contributed by atoms with Crippen molar-refractivity contribution >= 4 is 16.6 Å². The lowest BCUT2D eigenvalue weighted by Crippen LogP contribution is -2.16. The van der Waals surface area contributed by atoms with Crippen molar-refractivity contribution in [2.75, 3.05) is 26.1 Å². The van der Waals surface area contributed by atoms with Gasteiger partial charge in [0.25, 0.3) is 0 Å². The summed E-state index contributed by atoms with van der Waals surface area (Å²) in [6, 6.07) is 6.06. The zero-order chi connectivity index (χ0) is 15.2. The molecule has 5 nitrogen and oxygen atoms in total.